The summed E-state index contributed by atoms with van der Waals surface area (Å²) < 4.78 is 0. The van der Waals surface area contributed by atoms with E-state index >= 15 is 0 Å². The van der Waals surface area contributed by atoms with Crippen LogP contribution >= 0.6 is 0 Å². The topological polar surface area (TPSA) is 82.0 Å². The summed E-state index contributed by atoms with van der Waals surface area (Å²) in [5.74, 6) is -1.27. The Morgan fingerprint density at radius 1 is 1.40 bits per heavy atom. The maximum Gasteiger partial charge on any atom is 0.308 e. The summed E-state index contributed by atoms with van der Waals surface area (Å²) in [5, 5.41) is 17.2. The van der Waals surface area contributed by atoms with Gasteiger partial charge in [-0.1, -0.05) is 18.2 Å². The molecule has 6 nitrogen and oxygen atoms in total. The lowest BCUT2D eigenvalue weighted by Crippen LogP contribution is -2.55. The number of rotatable bonds is 3. The number of fused-ring (bicyclic) bond motifs is 1. The highest BCUT2D eigenvalue weighted by atomic mass is 16.4. The lowest BCUT2D eigenvalue weighted by atomic mass is 9.85. The molecule has 106 valence electrons. The maximum atomic E-state index is 11.4. The van der Waals surface area contributed by atoms with Crippen LogP contribution in [-0.2, 0) is 11.2 Å². The number of carboxylic acids is 1. The summed E-state index contributed by atoms with van der Waals surface area (Å²) in [6.07, 6.45) is 2.15. The molecule has 2 N–H and O–H groups in total. The molecule has 0 spiro atoms. The zero-order valence-electron chi connectivity index (χ0n) is 11.0. The van der Waals surface area contributed by atoms with Gasteiger partial charge in [-0.2, -0.15) is 0 Å². The largest absolute Gasteiger partial charge is 0.481 e. The van der Waals surface area contributed by atoms with Gasteiger partial charge in [0, 0.05) is 6.04 Å². The number of nitrogens with one attached hydrogen (secondary N) is 1. The number of carboxylic acid groups (broad SMARTS) is 1. The number of benzene rings is 1. The van der Waals surface area contributed by atoms with Crippen LogP contribution < -0.4 is 10.3 Å². The molecule has 0 radical (unpaired) electrons. The molecular weight excluding hydrogens is 258 g/mol. The number of nitroso groups, excluding NO2 is 1. The summed E-state index contributed by atoms with van der Waals surface area (Å²) >= 11 is 0. The van der Waals surface area contributed by atoms with E-state index in [2.05, 4.69) is 10.6 Å². The van der Waals surface area contributed by atoms with Crippen LogP contribution in [0.1, 0.15) is 18.4 Å². The molecule has 1 aromatic carbocycles. The van der Waals surface area contributed by atoms with Gasteiger partial charge in [0.15, 0.2) is 0 Å². The number of piperidine rings is 1. The molecule has 1 saturated heterocycles. The first-order valence-electron chi connectivity index (χ1n) is 6.89. The van der Waals surface area contributed by atoms with Crippen LogP contribution in [0.4, 0.5) is 5.69 Å². The van der Waals surface area contributed by atoms with Gasteiger partial charge in [0.2, 0.25) is 0 Å². The molecule has 6 heteroatoms. The molecule has 1 aromatic rings. The van der Waals surface area contributed by atoms with Gasteiger partial charge in [0.1, 0.15) is 0 Å². The van der Waals surface area contributed by atoms with Crippen LogP contribution in [0.5, 0.6) is 0 Å². The van der Waals surface area contributed by atoms with E-state index in [1.807, 2.05) is 24.3 Å². The van der Waals surface area contributed by atoms with Gasteiger partial charge in [-0.25, -0.2) is 5.01 Å². The van der Waals surface area contributed by atoms with E-state index in [0.29, 0.717) is 12.8 Å². The molecule has 2 aliphatic rings. The Balaban J connectivity index is 1.90. The standard InChI is InChI=1S/C14H17N3O3/c18-14(19)10-5-3-7-15-13(10)12-8-9-4-1-2-6-11(9)17(12)16-20/h1-2,4,6,10,12-13,15H,3,5,7-8H2,(H,18,19). The fourth-order valence-corrected chi connectivity index (χ4v) is 3.37. The van der Waals surface area contributed by atoms with Crippen molar-refractivity contribution in [3.63, 3.8) is 0 Å². The summed E-state index contributed by atoms with van der Waals surface area (Å²) in [7, 11) is 0. The minimum Gasteiger partial charge on any atom is -0.481 e. The third kappa shape index (κ3) is 2.06. The van der Waals surface area contributed by atoms with E-state index in [1.165, 1.54) is 5.01 Å². The Morgan fingerprint density at radius 2 is 2.20 bits per heavy atom. The van der Waals surface area contributed by atoms with Crippen LogP contribution in [0, 0.1) is 10.8 Å². The first-order chi connectivity index (χ1) is 9.72. The molecular formula is C14H17N3O3. The lowest BCUT2D eigenvalue weighted by molar-refractivity contribution is -0.143. The third-order valence-corrected chi connectivity index (χ3v) is 4.31. The molecule has 20 heavy (non-hydrogen) atoms. The first kappa shape index (κ1) is 13.1. The van der Waals surface area contributed by atoms with Crippen molar-refractivity contribution in [2.45, 2.75) is 31.3 Å². The molecule has 2 heterocycles. The van der Waals surface area contributed by atoms with Crippen molar-refractivity contribution in [3.05, 3.63) is 34.7 Å². The van der Waals surface area contributed by atoms with E-state index in [9.17, 15) is 14.8 Å². The molecule has 0 aliphatic carbocycles. The van der Waals surface area contributed by atoms with Crippen LogP contribution in [0.2, 0.25) is 0 Å². The van der Waals surface area contributed by atoms with Crippen molar-refractivity contribution in [1.29, 1.82) is 0 Å². The monoisotopic (exact) mass is 275 g/mol. The number of nitrogens with zero attached hydrogens (tertiary/aromatic N) is 2. The van der Waals surface area contributed by atoms with Crippen LogP contribution in [-0.4, -0.2) is 29.7 Å². The summed E-state index contributed by atoms with van der Waals surface area (Å²) in [6.45, 7) is 0.786. The highest BCUT2D eigenvalue weighted by Crippen LogP contribution is 2.36. The second-order valence-corrected chi connectivity index (χ2v) is 5.39. The van der Waals surface area contributed by atoms with Crippen molar-refractivity contribution < 1.29 is 9.90 Å². The normalized spacial score (nSPS) is 29.0. The number of carbonyl (C=O) groups is 1. The number of para-hydroxylation sites is 1. The Morgan fingerprint density at radius 3 is 2.95 bits per heavy atom. The van der Waals surface area contributed by atoms with E-state index in [-0.39, 0.29) is 12.1 Å². The number of anilines is 1. The second-order valence-electron chi connectivity index (χ2n) is 5.39. The average Bonchev–Trinajstić information content (AvgIpc) is 2.85. The fourth-order valence-electron chi connectivity index (χ4n) is 3.37. The Bertz CT molecular complexity index is 534. The molecule has 3 rings (SSSR count). The van der Waals surface area contributed by atoms with Gasteiger partial charge in [0.25, 0.3) is 0 Å². The van der Waals surface area contributed by atoms with Crippen molar-refractivity contribution in [3.8, 4) is 0 Å². The first-order valence-corrected chi connectivity index (χ1v) is 6.89. The molecule has 0 bridgehead atoms. The van der Waals surface area contributed by atoms with Gasteiger partial charge >= 0.3 is 5.97 Å². The summed E-state index contributed by atoms with van der Waals surface area (Å²) in [4.78, 5) is 22.6. The van der Waals surface area contributed by atoms with Crippen LogP contribution in [0.15, 0.2) is 29.6 Å². The van der Waals surface area contributed by atoms with E-state index in [0.717, 1.165) is 24.2 Å². The Kier molecular flexibility index (Phi) is 3.40. The Labute approximate surface area is 116 Å². The number of hydrogen-bond acceptors (Lipinski definition) is 4. The van der Waals surface area contributed by atoms with Crippen molar-refractivity contribution >= 4 is 11.7 Å². The predicted octanol–water partition coefficient (Wildman–Crippen LogP) is 1.55. The van der Waals surface area contributed by atoms with Crippen molar-refractivity contribution in [1.82, 2.24) is 5.32 Å². The van der Waals surface area contributed by atoms with Crippen LogP contribution in [0.25, 0.3) is 0 Å². The van der Waals surface area contributed by atoms with Gasteiger partial charge in [0.05, 0.1) is 22.9 Å². The highest BCUT2D eigenvalue weighted by molar-refractivity contribution is 5.72. The SMILES string of the molecule is O=NN1c2ccccc2CC1C1NCCCC1C(=O)O. The molecule has 3 unspecified atom stereocenters. The van der Waals surface area contributed by atoms with Crippen LogP contribution in [0.3, 0.4) is 0 Å². The Hall–Kier alpha value is -1.95. The third-order valence-electron chi connectivity index (χ3n) is 4.31. The van der Waals surface area contributed by atoms with Crippen molar-refractivity contribution in [2.24, 2.45) is 11.2 Å². The summed E-state index contributed by atoms with van der Waals surface area (Å²) in [5.41, 5.74) is 1.85. The van der Waals surface area contributed by atoms with E-state index in [4.69, 9.17) is 0 Å². The highest BCUT2D eigenvalue weighted by Gasteiger charge is 2.43. The minimum atomic E-state index is -0.802. The second kappa shape index (κ2) is 5.20. The van der Waals surface area contributed by atoms with Crippen molar-refractivity contribution in [2.75, 3.05) is 11.6 Å². The maximum absolute atomic E-state index is 11.4. The fraction of sp³-hybridized carbons (Fsp3) is 0.500. The van der Waals surface area contributed by atoms with Gasteiger partial charge in [-0.15, -0.1) is 4.91 Å². The number of aliphatic carboxylic acids is 1. The zero-order valence-corrected chi connectivity index (χ0v) is 11.0. The van der Waals surface area contributed by atoms with Gasteiger partial charge in [-0.05, 0) is 37.4 Å². The number of hydrogen-bond donors (Lipinski definition) is 2. The summed E-state index contributed by atoms with van der Waals surface area (Å²) in [6, 6.07) is 7.15. The quantitative estimate of drug-likeness (QED) is 0.818. The predicted molar refractivity (Wildman–Crippen MR) is 74.4 cm³/mol. The minimum absolute atomic E-state index is 0.216. The molecule has 2 aliphatic heterocycles. The van der Waals surface area contributed by atoms with Gasteiger partial charge in [-0.3, -0.25) is 4.79 Å². The molecule has 0 saturated carbocycles. The lowest BCUT2D eigenvalue weighted by Gasteiger charge is -2.36. The van der Waals surface area contributed by atoms with E-state index in [1.54, 1.807) is 0 Å². The smallest absolute Gasteiger partial charge is 0.308 e. The molecule has 1 fully saturated rings. The zero-order chi connectivity index (χ0) is 14.1. The molecule has 3 atom stereocenters. The molecule has 0 amide bonds. The molecule has 0 aromatic heterocycles. The van der Waals surface area contributed by atoms with E-state index < -0.39 is 11.9 Å². The van der Waals surface area contributed by atoms with Gasteiger partial charge < -0.3 is 10.4 Å². The average molecular weight is 275 g/mol.